The van der Waals surface area contributed by atoms with Gasteiger partial charge in [0.15, 0.2) is 5.69 Å². The van der Waals surface area contributed by atoms with Gasteiger partial charge >= 0.3 is 0 Å². The van der Waals surface area contributed by atoms with E-state index in [-0.39, 0.29) is 17.6 Å². The van der Waals surface area contributed by atoms with E-state index in [9.17, 15) is 9.59 Å². The minimum absolute atomic E-state index is 0.231. The first-order valence-electron chi connectivity index (χ1n) is 10.4. The lowest BCUT2D eigenvalue weighted by Gasteiger charge is -2.12. The Labute approximate surface area is 166 Å². The van der Waals surface area contributed by atoms with E-state index in [1.165, 1.54) is 18.4 Å². The van der Waals surface area contributed by atoms with Gasteiger partial charge in [0.1, 0.15) is 0 Å². The van der Waals surface area contributed by atoms with Crippen LogP contribution in [0.3, 0.4) is 0 Å². The molecule has 0 bridgehead atoms. The summed E-state index contributed by atoms with van der Waals surface area (Å²) in [5.41, 5.74) is 2.38. The Morgan fingerprint density at radius 2 is 1.96 bits per heavy atom. The minimum atomic E-state index is -0.247. The number of amides is 2. The second-order valence-corrected chi connectivity index (χ2v) is 7.32. The zero-order valence-corrected chi connectivity index (χ0v) is 16.7. The molecule has 2 amide bonds. The molecule has 0 radical (unpaired) electrons. The highest BCUT2D eigenvalue weighted by Gasteiger charge is 2.21. The van der Waals surface area contributed by atoms with Crippen molar-refractivity contribution in [1.82, 2.24) is 20.0 Å². The van der Waals surface area contributed by atoms with E-state index in [1.807, 2.05) is 18.2 Å². The molecule has 2 aromatic heterocycles. The average Bonchev–Trinajstić information content (AvgIpc) is 3.12. The van der Waals surface area contributed by atoms with Crippen molar-refractivity contribution in [3.8, 4) is 0 Å². The molecule has 0 atom stereocenters. The van der Waals surface area contributed by atoms with E-state index in [2.05, 4.69) is 28.6 Å². The second kappa shape index (κ2) is 10.1. The van der Waals surface area contributed by atoms with E-state index < -0.39 is 0 Å². The monoisotopic (exact) mass is 382 g/mol. The van der Waals surface area contributed by atoms with Crippen LogP contribution in [0.1, 0.15) is 79.4 Å². The fourth-order valence-corrected chi connectivity index (χ4v) is 3.57. The highest BCUT2D eigenvalue weighted by molar-refractivity contribution is 6.02. The normalized spacial score (nSPS) is 14.0. The number of nitrogens with zero attached hydrogens (tertiary/aromatic N) is 2. The summed E-state index contributed by atoms with van der Waals surface area (Å²) in [6, 6.07) is 5.50. The lowest BCUT2D eigenvalue weighted by Crippen LogP contribution is -2.27. The molecule has 0 spiro atoms. The van der Waals surface area contributed by atoms with Gasteiger partial charge < -0.3 is 10.6 Å². The van der Waals surface area contributed by atoms with Gasteiger partial charge in [0.25, 0.3) is 11.8 Å². The maximum absolute atomic E-state index is 12.7. The summed E-state index contributed by atoms with van der Waals surface area (Å²) in [7, 11) is 0. The molecule has 2 N–H and O–H groups in total. The summed E-state index contributed by atoms with van der Waals surface area (Å²) in [6.07, 6.45) is 12.8. The highest BCUT2D eigenvalue weighted by atomic mass is 16.2. The summed E-state index contributed by atoms with van der Waals surface area (Å²) < 4.78 is 1.69. The first kappa shape index (κ1) is 20.1. The smallest absolute Gasteiger partial charge is 0.287 e. The van der Waals surface area contributed by atoms with Crippen molar-refractivity contribution in [1.29, 1.82) is 0 Å². The molecule has 28 heavy (non-hydrogen) atoms. The maximum Gasteiger partial charge on any atom is 0.287 e. The van der Waals surface area contributed by atoms with Crippen molar-refractivity contribution in [2.24, 2.45) is 0 Å². The first-order chi connectivity index (χ1) is 13.7. The number of aromatic nitrogens is 2. The molecule has 0 saturated carbocycles. The summed E-state index contributed by atoms with van der Waals surface area (Å²) in [5.74, 6) is -0.221. The predicted octanol–water partition coefficient (Wildman–Crippen LogP) is 3.87. The summed E-state index contributed by atoms with van der Waals surface area (Å²) in [5, 5.41) is 5.87. The summed E-state index contributed by atoms with van der Waals surface area (Å²) in [4.78, 5) is 29.6. The first-order valence-corrected chi connectivity index (χ1v) is 10.4. The quantitative estimate of drug-likeness (QED) is 0.510. The van der Waals surface area contributed by atoms with Crippen LogP contribution in [0.2, 0.25) is 0 Å². The minimum Gasteiger partial charge on any atom is -0.350 e. The van der Waals surface area contributed by atoms with E-state index in [4.69, 9.17) is 0 Å². The number of rotatable bonds is 9. The molecule has 2 heterocycles. The van der Waals surface area contributed by atoms with Crippen molar-refractivity contribution in [2.75, 3.05) is 13.1 Å². The largest absolute Gasteiger partial charge is 0.350 e. The Balaban J connectivity index is 1.67. The van der Waals surface area contributed by atoms with Crippen LogP contribution < -0.4 is 10.6 Å². The number of unbranched alkanes of at least 4 members (excludes halogenated alkanes) is 2. The molecule has 0 aromatic carbocycles. The van der Waals surface area contributed by atoms with Gasteiger partial charge in [0.2, 0.25) is 5.82 Å². The third kappa shape index (κ3) is 5.00. The van der Waals surface area contributed by atoms with Gasteiger partial charge in [-0.05, 0) is 50.7 Å². The van der Waals surface area contributed by atoms with Gasteiger partial charge in [-0.1, -0.05) is 37.5 Å². The number of pyridine rings is 1. The third-order valence-corrected chi connectivity index (χ3v) is 5.15. The molecule has 0 aliphatic heterocycles. The Kier molecular flexibility index (Phi) is 7.23. The van der Waals surface area contributed by atoms with Crippen molar-refractivity contribution in [3.63, 3.8) is 0 Å². The number of fused-ring (bicyclic) bond motifs is 1. The van der Waals surface area contributed by atoms with Gasteiger partial charge in [-0.2, -0.15) is 0 Å². The molecule has 150 valence electrons. The molecule has 0 fully saturated rings. The van der Waals surface area contributed by atoms with E-state index in [0.29, 0.717) is 24.3 Å². The molecule has 1 aliphatic carbocycles. The topological polar surface area (TPSA) is 75.5 Å². The van der Waals surface area contributed by atoms with Crippen LogP contribution in [0.5, 0.6) is 0 Å². The number of hydrogen-bond donors (Lipinski definition) is 2. The fraction of sp³-hybridized carbons (Fsp3) is 0.500. The van der Waals surface area contributed by atoms with Gasteiger partial charge in [0.05, 0.1) is 5.52 Å². The van der Waals surface area contributed by atoms with Crippen LogP contribution in [0.4, 0.5) is 0 Å². The van der Waals surface area contributed by atoms with Crippen LogP contribution in [0.25, 0.3) is 5.52 Å². The van der Waals surface area contributed by atoms with Gasteiger partial charge in [0, 0.05) is 19.3 Å². The molecule has 2 aromatic rings. The van der Waals surface area contributed by atoms with Gasteiger partial charge in [-0.25, -0.2) is 4.98 Å². The molecule has 3 rings (SSSR count). The number of nitrogens with one attached hydrogen (secondary N) is 2. The number of carbonyl (C=O) groups excluding carboxylic acids is 2. The molecule has 6 nitrogen and oxygen atoms in total. The molecule has 6 heteroatoms. The van der Waals surface area contributed by atoms with Gasteiger partial charge in [-0.3, -0.25) is 14.0 Å². The SMILES string of the molecule is CCCCCNC(=O)c1nc(C(=O)NCCC2=CCCCC2)c2ccccn12. The zero-order valence-electron chi connectivity index (χ0n) is 16.7. The van der Waals surface area contributed by atoms with E-state index in [1.54, 1.807) is 10.6 Å². The molecule has 1 aliphatic rings. The van der Waals surface area contributed by atoms with Crippen LogP contribution in [-0.2, 0) is 0 Å². The molecular formula is C22H30N4O2. The van der Waals surface area contributed by atoms with Gasteiger partial charge in [-0.15, -0.1) is 0 Å². The number of hydrogen-bond acceptors (Lipinski definition) is 3. The number of imidazole rings is 1. The molecular weight excluding hydrogens is 352 g/mol. The van der Waals surface area contributed by atoms with Crippen molar-refractivity contribution in [2.45, 2.75) is 58.3 Å². The lowest BCUT2D eigenvalue weighted by atomic mass is 9.97. The van der Waals surface area contributed by atoms with Crippen molar-refractivity contribution in [3.05, 3.63) is 47.6 Å². The Morgan fingerprint density at radius 1 is 1.11 bits per heavy atom. The predicted molar refractivity (Wildman–Crippen MR) is 111 cm³/mol. The summed E-state index contributed by atoms with van der Waals surface area (Å²) in [6.45, 7) is 3.33. The van der Waals surface area contributed by atoms with Crippen LogP contribution in [0, 0.1) is 0 Å². The molecule has 0 saturated heterocycles. The summed E-state index contributed by atoms with van der Waals surface area (Å²) >= 11 is 0. The van der Waals surface area contributed by atoms with E-state index in [0.717, 1.165) is 38.5 Å². The highest BCUT2D eigenvalue weighted by Crippen LogP contribution is 2.19. The second-order valence-electron chi connectivity index (χ2n) is 7.32. The Morgan fingerprint density at radius 3 is 2.75 bits per heavy atom. The Bertz CT molecular complexity index is 853. The zero-order chi connectivity index (χ0) is 19.8. The molecule has 0 unspecified atom stereocenters. The fourth-order valence-electron chi connectivity index (χ4n) is 3.57. The Hall–Kier alpha value is -2.63. The van der Waals surface area contributed by atoms with Crippen LogP contribution in [-0.4, -0.2) is 34.3 Å². The van der Waals surface area contributed by atoms with Crippen molar-refractivity contribution < 1.29 is 9.59 Å². The lowest BCUT2D eigenvalue weighted by molar-refractivity contribution is 0.0942. The average molecular weight is 383 g/mol. The standard InChI is InChI=1S/C22H30N4O2/c1-2-3-8-14-23-22(28)20-25-19(18-12-7-9-16-26(18)20)21(27)24-15-13-17-10-5-4-6-11-17/h7,9-10,12,16H,2-6,8,11,13-15H2,1H3,(H,23,28)(H,24,27). The van der Waals surface area contributed by atoms with E-state index >= 15 is 0 Å². The van der Waals surface area contributed by atoms with Crippen LogP contribution >= 0.6 is 0 Å². The van der Waals surface area contributed by atoms with Crippen LogP contribution in [0.15, 0.2) is 36.0 Å². The maximum atomic E-state index is 12.7. The van der Waals surface area contributed by atoms with Crippen molar-refractivity contribution >= 4 is 17.3 Å². The number of allylic oxidation sites excluding steroid dienone is 1. The number of carbonyl (C=O) groups is 2. The third-order valence-electron chi connectivity index (χ3n) is 5.15.